The van der Waals surface area contributed by atoms with Gasteiger partial charge in [0, 0.05) is 0 Å². The van der Waals surface area contributed by atoms with E-state index in [1.54, 1.807) is 6.08 Å². The number of rotatable bonds is 41. The zero-order valence-corrected chi connectivity index (χ0v) is 35.1. The number of carbonyl (C=O) groups is 1. The molecule has 4 N–H and O–H groups in total. The first-order valence-electron chi connectivity index (χ1n) is 22.9. The molecule has 0 aliphatic carbocycles. The van der Waals surface area contributed by atoms with Gasteiger partial charge in [-0.2, -0.15) is 0 Å². The summed E-state index contributed by atoms with van der Waals surface area (Å²) in [5.41, 5.74) is 0. The summed E-state index contributed by atoms with van der Waals surface area (Å²) in [6, 6.07) is -0.759. The second-order valence-corrected chi connectivity index (χ2v) is 15.6. The predicted molar refractivity (Wildman–Crippen MR) is 231 cm³/mol. The number of amides is 1. The van der Waals surface area contributed by atoms with Gasteiger partial charge in [-0.15, -0.1) is 0 Å². The second-order valence-electron chi connectivity index (χ2n) is 15.6. The maximum Gasteiger partial charge on any atom is 0.222 e. The van der Waals surface area contributed by atoms with Crippen LogP contribution in [0.4, 0.5) is 0 Å². The van der Waals surface area contributed by atoms with Crippen molar-refractivity contribution in [1.29, 1.82) is 0 Å². The summed E-state index contributed by atoms with van der Waals surface area (Å²) in [4.78, 5) is 12.4. The van der Waals surface area contributed by atoms with Crippen LogP contribution in [-0.4, -0.2) is 46.1 Å². The van der Waals surface area contributed by atoms with Crippen LogP contribution < -0.4 is 5.32 Å². The third kappa shape index (κ3) is 39.8. The monoisotopic (exact) mass is 744 g/mol. The van der Waals surface area contributed by atoms with E-state index in [4.69, 9.17) is 0 Å². The molecular formula is C48H89NO4. The molecule has 0 aromatic heterocycles. The van der Waals surface area contributed by atoms with Gasteiger partial charge in [0.25, 0.3) is 0 Å². The van der Waals surface area contributed by atoms with E-state index < -0.39 is 18.2 Å². The van der Waals surface area contributed by atoms with Gasteiger partial charge in [0.15, 0.2) is 0 Å². The van der Waals surface area contributed by atoms with Crippen molar-refractivity contribution in [3.63, 3.8) is 0 Å². The number of carbonyl (C=O) groups excluding carboxylic acids is 1. The van der Waals surface area contributed by atoms with Crippen molar-refractivity contribution in [3.05, 3.63) is 48.6 Å². The van der Waals surface area contributed by atoms with Crippen molar-refractivity contribution in [3.8, 4) is 0 Å². The smallest absolute Gasteiger partial charge is 0.222 e. The maximum atomic E-state index is 12.4. The highest BCUT2D eigenvalue weighted by Crippen LogP contribution is 2.15. The van der Waals surface area contributed by atoms with Crippen molar-refractivity contribution in [2.24, 2.45) is 0 Å². The van der Waals surface area contributed by atoms with Gasteiger partial charge in [0.05, 0.1) is 31.3 Å². The number of allylic oxidation sites excluding steroid dienone is 7. The van der Waals surface area contributed by atoms with E-state index in [-0.39, 0.29) is 18.9 Å². The fraction of sp³-hybridized carbons (Fsp3) is 0.812. The lowest BCUT2D eigenvalue weighted by molar-refractivity contribution is -0.124. The van der Waals surface area contributed by atoms with E-state index in [0.29, 0.717) is 6.42 Å². The first kappa shape index (κ1) is 51.3. The van der Waals surface area contributed by atoms with Crippen molar-refractivity contribution < 1.29 is 20.1 Å². The van der Waals surface area contributed by atoms with E-state index in [1.165, 1.54) is 161 Å². The number of aliphatic hydroxyl groups excluding tert-OH is 3. The van der Waals surface area contributed by atoms with Gasteiger partial charge in [0.2, 0.25) is 5.91 Å². The summed E-state index contributed by atoms with van der Waals surface area (Å²) in [5.74, 6) is -0.329. The maximum absolute atomic E-state index is 12.4. The molecule has 0 saturated heterocycles. The van der Waals surface area contributed by atoms with Gasteiger partial charge >= 0.3 is 0 Å². The summed E-state index contributed by atoms with van der Waals surface area (Å²) < 4.78 is 0. The number of unbranched alkanes of at least 4 members (excludes halogenated alkanes) is 26. The summed E-state index contributed by atoms with van der Waals surface area (Å²) >= 11 is 0. The molecule has 310 valence electrons. The molecule has 53 heavy (non-hydrogen) atoms. The first-order valence-corrected chi connectivity index (χ1v) is 22.9. The van der Waals surface area contributed by atoms with Gasteiger partial charge in [-0.05, 0) is 64.2 Å². The minimum absolute atomic E-state index is 0.00413. The van der Waals surface area contributed by atoms with Gasteiger partial charge < -0.3 is 20.6 Å². The Kier molecular flexibility index (Phi) is 41.7. The van der Waals surface area contributed by atoms with Crippen molar-refractivity contribution in [1.82, 2.24) is 5.32 Å². The third-order valence-electron chi connectivity index (χ3n) is 10.3. The van der Waals surface area contributed by atoms with Crippen LogP contribution in [0.25, 0.3) is 0 Å². The van der Waals surface area contributed by atoms with Crippen LogP contribution >= 0.6 is 0 Å². The molecule has 0 aromatic rings. The van der Waals surface area contributed by atoms with Crippen molar-refractivity contribution >= 4 is 5.91 Å². The molecule has 0 saturated carbocycles. The molecular weight excluding hydrogens is 655 g/mol. The Bertz CT molecular complexity index is 866. The molecule has 0 heterocycles. The molecule has 0 aliphatic heterocycles. The summed E-state index contributed by atoms with van der Waals surface area (Å²) in [6.07, 6.45) is 55.7. The molecule has 0 spiro atoms. The van der Waals surface area contributed by atoms with Crippen molar-refractivity contribution in [2.45, 2.75) is 244 Å². The molecule has 0 aromatic carbocycles. The second kappa shape index (κ2) is 43.0. The molecule has 0 fully saturated rings. The Balaban J connectivity index is 3.55. The van der Waals surface area contributed by atoms with E-state index in [9.17, 15) is 20.1 Å². The largest absolute Gasteiger partial charge is 0.394 e. The van der Waals surface area contributed by atoms with E-state index >= 15 is 0 Å². The SMILES string of the molecule is CCCCC/C=C/CC/C=C/C(O)C(CO)NC(=O)CC(O)CCCCCCCCCCCCCCC/C=C\C/C=C\CCCCCCCCCCC. The summed E-state index contributed by atoms with van der Waals surface area (Å²) in [5, 5.41) is 33.0. The zero-order valence-electron chi connectivity index (χ0n) is 35.1. The highest BCUT2D eigenvalue weighted by atomic mass is 16.3. The number of nitrogens with one attached hydrogen (secondary N) is 1. The highest BCUT2D eigenvalue weighted by molar-refractivity contribution is 5.76. The van der Waals surface area contributed by atoms with Crippen LogP contribution in [-0.2, 0) is 4.79 Å². The fourth-order valence-corrected chi connectivity index (χ4v) is 6.80. The Morgan fingerprint density at radius 2 is 0.868 bits per heavy atom. The minimum Gasteiger partial charge on any atom is -0.394 e. The Labute approximate surface area is 329 Å². The molecule has 0 rings (SSSR count). The zero-order chi connectivity index (χ0) is 38.7. The lowest BCUT2D eigenvalue weighted by Gasteiger charge is -2.21. The molecule has 3 unspecified atom stereocenters. The van der Waals surface area contributed by atoms with E-state index in [1.807, 2.05) is 6.08 Å². The molecule has 1 amide bonds. The van der Waals surface area contributed by atoms with E-state index in [0.717, 1.165) is 38.5 Å². The van der Waals surface area contributed by atoms with Gasteiger partial charge in [-0.1, -0.05) is 204 Å². The fourth-order valence-electron chi connectivity index (χ4n) is 6.80. The van der Waals surface area contributed by atoms with Gasteiger partial charge in [0.1, 0.15) is 0 Å². The quantitative estimate of drug-likeness (QED) is 0.0371. The average molecular weight is 744 g/mol. The normalized spacial score (nSPS) is 14.0. The molecule has 5 nitrogen and oxygen atoms in total. The molecule has 0 radical (unpaired) electrons. The number of hydrogen-bond donors (Lipinski definition) is 4. The number of aliphatic hydroxyl groups is 3. The van der Waals surface area contributed by atoms with Crippen LogP contribution in [0, 0.1) is 0 Å². The molecule has 0 aliphatic rings. The number of hydrogen-bond acceptors (Lipinski definition) is 4. The summed E-state index contributed by atoms with van der Waals surface area (Å²) in [6.45, 7) is 4.14. The van der Waals surface area contributed by atoms with Gasteiger partial charge in [-0.25, -0.2) is 0 Å². The lowest BCUT2D eigenvalue weighted by atomic mass is 10.0. The topological polar surface area (TPSA) is 89.8 Å². The van der Waals surface area contributed by atoms with Crippen LogP contribution in [0.3, 0.4) is 0 Å². The van der Waals surface area contributed by atoms with Crippen LogP contribution in [0.5, 0.6) is 0 Å². The molecule has 3 atom stereocenters. The Hall–Kier alpha value is -1.69. The standard InChI is InChI=1S/C48H89NO4/c1-3-5-7-9-11-13-14-15-16-17-18-19-20-21-22-23-24-25-26-27-28-29-30-31-32-34-35-37-39-41-45(51)43-48(53)49-46(44-50)47(52)42-40-38-36-33-12-10-8-6-4-2/h12,18-19,21-22,33,40,42,45-47,50-52H,3-11,13-17,20,23-32,34-39,41,43-44H2,1-2H3,(H,49,53)/b19-18-,22-21-,33-12+,42-40+. The Morgan fingerprint density at radius 1 is 0.491 bits per heavy atom. The Morgan fingerprint density at radius 3 is 1.36 bits per heavy atom. The first-order chi connectivity index (χ1) is 26.0. The highest BCUT2D eigenvalue weighted by Gasteiger charge is 2.20. The van der Waals surface area contributed by atoms with Crippen LogP contribution in [0.15, 0.2) is 48.6 Å². The van der Waals surface area contributed by atoms with Crippen LogP contribution in [0.2, 0.25) is 0 Å². The van der Waals surface area contributed by atoms with Crippen LogP contribution in [0.1, 0.15) is 226 Å². The third-order valence-corrected chi connectivity index (χ3v) is 10.3. The average Bonchev–Trinajstić information content (AvgIpc) is 3.15. The van der Waals surface area contributed by atoms with Gasteiger partial charge in [-0.3, -0.25) is 4.79 Å². The molecule has 0 bridgehead atoms. The van der Waals surface area contributed by atoms with E-state index in [2.05, 4.69) is 55.6 Å². The van der Waals surface area contributed by atoms with Crippen molar-refractivity contribution in [2.75, 3.05) is 6.61 Å². The predicted octanol–water partition coefficient (Wildman–Crippen LogP) is 13.3. The minimum atomic E-state index is -0.950. The summed E-state index contributed by atoms with van der Waals surface area (Å²) in [7, 11) is 0. The molecule has 5 heteroatoms. The lowest BCUT2D eigenvalue weighted by Crippen LogP contribution is -2.45.